The highest BCUT2D eigenvalue weighted by Gasteiger charge is 2.22. The van der Waals surface area contributed by atoms with Crippen LogP contribution in [0.3, 0.4) is 0 Å². The predicted molar refractivity (Wildman–Crippen MR) is 83.2 cm³/mol. The van der Waals surface area contributed by atoms with Crippen LogP contribution in [0.15, 0.2) is 42.5 Å². The molecular weight excluding hydrogens is 297 g/mol. The van der Waals surface area contributed by atoms with E-state index in [0.717, 1.165) is 16.8 Å². The number of hydrogen-bond donors (Lipinski definition) is 1. The summed E-state index contributed by atoms with van der Waals surface area (Å²) in [6, 6.07) is 11.4. The number of benzene rings is 2. The Kier molecular flexibility index (Phi) is 3.65. The van der Waals surface area contributed by atoms with E-state index in [9.17, 15) is 14.3 Å². The minimum atomic E-state index is -1.18. The number of carboxylic acid groups (broad SMARTS) is 1. The lowest BCUT2D eigenvalue weighted by Crippen LogP contribution is -2.05. The van der Waals surface area contributed by atoms with Gasteiger partial charge in [0.15, 0.2) is 5.69 Å². The SMILES string of the molecule is Cc1ccc(C)c(-n2nnc(C(=O)O)c2-c2ccc(F)cc2)c1. The molecule has 0 aliphatic carbocycles. The van der Waals surface area contributed by atoms with Crippen molar-refractivity contribution < 1.29 is 14.3 Å². The smallest absolute Gasteiger partial charge is 0.358 e. The first-order valence-electron chi connectivity index (χ1n) is 7.00. The van der Waals surface area contributed by atoms with Crippen LogP contribution in [0.5, 0.6) is 0 Å². The van der Waals surface area contributed by atoms with Crippen molar-refractivity contribution in [1.82, 2.24) is 15.0 Å². The third kappa shape index (κ3) is 2.70. The summed E-state index contributed by atoms with van der Waals surface area (Å²) >= 11 is 0. The Balaban J connectivity index is 2.28. The lowest BCUT2D eigenvalue weighted by molar-refractivity contribution is 0.0691. The number of nitrogens with zero attached hydrogens (tertiary/aromatic N) is 3. The summed E-state index contributed by atoms with van der Waals surface area (Å²) < 4.78 is 14.7. The normalized spacial score (nSPS) is 10.7. The Labute approximate surface area is 132 Å². The van der Waals surface area contributed by atoms with Gasteiger partial charge in [-0.3, -0.25) is 0 Å². The molecule has 1 heterocycles. The minimum Gasteiger partial charge on any atom is -0.476 e. The lowest BCUT2D eigenvalue weighted by Gasteiger charge is -2.11. The van der Waals surface area contributed by atoms with Gasteiger partial charge in [-0.2, -0.15) is 0 Å². The minimum absolute atomic E-state index is 0.169. The Morgan fingerprint density at radius 2 is 1.83 bits per heavy atom. The summed E-state index contributed by atoms with van der Waals surface area (Å²) in [6.45, 7) is 3.85. The molecule has 0 fully saturated rings. The first-order chi connectivity index (χ1) is 11.0. The van der Waals surface area contributed by atoms with Crippen molar-refractivity contribution >= 4 is 5.97 Å². The zero-order chi connectivity index (χ0) is 16.6. The standard InChI is InChI=1S/C17H14FN3O2/c1-10-3-4-11(2)14(9-10)21-16(15(17(22)23)19-20-21)12-5-7-13(18)8-6-12/h3-9H,1-2H3,(H,22,23). The van der Waals surface area contributed by atoms with E-state index in [-0.39, 0.29) is 5.69 Å². The van der Waals surface area contributed by atoms with E-state index in [1.54, 1.807) is 0 Å². The van der Waals surface area contributed by atoms with Crippen LogP contribution >= 0.6 is 0 Å². The fraction of sp³-hybridized carbons (Fsp3) is 0.118. The number of aromatic nitrogens is 3. The number of hydrogen-bond acceptors (Lipinski definition) is 3. The van der Waals surface area contributed by atoms with Crippen molar-refractivity contribution in [2.24, 2.45) is 0 Å². The summed E-state index contributed by atoms with van der Waals surface area (Å²) in [7, 11) is 0. The molecule has 0 aliphatic heterocycles. The van der Waals surface area contributed by atoms with Gasteiger partial charge in [0.1, 0.15) is 11.5 Å². The number of aryl methyl sites for hydroxylation is 2. The average Bonchev–Trinajstić information content (AvgIpc) is 2.95. The number of halogens is 1. The van der Waals surface area contributed by atoms with Crippen LogP contribution in [0.4, 0.5) is 4.39 Å². The number of carboxylic acids is 1. The van der Waals surface area contributed by atoms with E-state index in [2.05, 4.69) is 10.3 Å². The Hall–Kier alpha value is -3.02. The van der Waals surface area contributed by atoms with E-state index in [1.165, 1.54) is 28.9 Å². The zero-order valence-corrected chi connectivity index (χ0v) is 12.6. The van der Waals surface area contributed by atoms with Crippen LogP contribution in [0, 0.1) is 19.7 Å². The van der Waals surface area contributed by atoms with Gasteiger partial charge in [-0.25, -0.2) is 13.9 Å². The van der Waals surface area contributed by atoms with Gasteiger partial charge in [-0.15, -0.1) is 5.10 Å². The van der Waals surface area contributed by atoms with Crippen LogP contribution < -0.4 is 0 Å². The first kappa shape index (κ1) is 14.9. The number of carbonyl (C=O) groups is 1. The molecule has 0 radical (unpaired) electrons. The predicted octanol–water partition coefficient (Wildman–Crippen LogP) is 3.39. The van der Waals surface area contributed by atoms with Gasteiger partial charge in [-0.1, -0.05) is 17.3 Å². The second kappa shape index (κ2) is 5.64. The average molecular weight is 311 g/mol. The molecule has 3 rings (SSSR count). The van der Waals surface area contributed by atoms with Gasteiger partial charge in [-0.05, 0) is 55.3 Å². The number of rotatable bonds is 3. The Morgan fingerprint density at radius 1 is 1.13 bits per heavy atom. The Bertz CT molecular complexity index is 885. The Morgan fingerprint density at radius 3 is 2.48 bits per heavy atom. The maximum absolute atomic E-state index is 13.2. The maximum atomic E-state index is 13.2. The molecule has 0 aliphatic rings. The van der Waals surface area contributed by atoms with E-state index in [1.807, 2.05) is 32.0 Å². The number of aromatic carboxylic acids is 1. The molecule has 0 spiro atoms. The van der Waals surface area contributed by atoms with Crippen LogP contribution in [0.25, 0.3) is 16.9 Å². The molecule has 0 saturated carbocycles. The van der Waals surface area contributed by atoms with Crippen molar-refractivity contribution in [2.75, 3.05) is 0 Å². The molecule has 1 aromatic heterocycles. The lowest BCUT2D eigenvalue weighted by atomic mass is 10.1. The van der Waals surface area contributed by atoms with Crippen LogP contribution in [-0.4, -0.2) is 26.1 Å². The highest BCUT2D eigenvalue weighted by Crippen LogP contribution is 2.27. The van der Waals surface area contributed by atoms with Crippen molar-refractivity contribution in [3.05, 3.63) is 65.1 Å². The molecule has 116 valence electrons. The van der Waals surface area contributed by atoms with Crippen LogP contribution in [-0.2, 0) is 0 Å². The summed E-state index contributed by atoms with van der Waals surface area (Å²) in [6.07, 6.45) is 0. The first-order valence-corrected chi connectivity index (χ1v) is 7.00. The topological polar surface area (TPSA) is 68.0 Å². The third-order valence-corrected chi connectivity index (χ3v) is 3.58. The van der Waals surface area contributed by atoms with E-state index in [0.29, 0.717) is 11.3 Å². The van der Waals surface area contributed by atoms with Crippen molar-refractivity contribution in [3.63, 3.8) is 0 Å². The molecule has 0 atom stereocenters. The largest absolute Gasteiger partial charge is 0.476 e. The quantitative estimate of drug-likeness (QED) is 0.805. The molecule has 3 aromatic rings. The van der Waals surface area contributed by atoms with E-state index >= 15 is 0 Å². The summed E-state index contributed by atoms with van der Waals surface area (Å²) in [4.78, 5) is 11.5. The summed E-state index contributed by atoms with van der Waals surface area (Å²) in [5, 5.41) is 17.2. The fourth-order valence-corrected chi connectivity index (χ4v) is 2.41. The van der Waals surface area contributed by atoms with E-state index in [4.69, 9.17) is 0 Å². The highest BCUT2D eigenvalue weighted by atomic mass is 19.1. The summed E-state index contributed by atoms with van der Waals surface area (Å²) in [5.74, 6) is -1.57. The van der Waals surface area contributed by atoms with E-state index < -0.39 is 11.8 Å². The van der Waals surface area contributed by atoms with Gasteiger partial charge in [0, 0.05) is 5.56 Å². The fourth-order valence-electron chi connectivity index (χ4n) is 2.41. The zero-order valence-electron chi connectivity index (χ0n) is 12.6. The molecular formula is C17H14FN3O2. The van der Waals surface area contributed by atoms with Crippen molar-refractivity contribution in [1.29, 1.82) is 0 Å². The second-order valence-corrected chi connectivity index (χ2v) is 5.30. The molecule has 2 aromatic carbocycles. The van der Waals surface area contributed by atoms with Crippen LogP contribution in [0.2, 0.25) is 0 Å². The monoisotopic (exact) mass is 311 g/mol. The molecule has 0 amide bonds. The summed E-state index contributed by atoms with van der Waals surface area (Å²) in [5.41, 5.74) is 3.38. The van der Waals surface area contributed by atoms with Gasteiger partial charge >= 0.3 is 5.97 Å². The maximum Gasteiger partial charge on any atom is 0.358 e. The van der Waals surface area contributed by atoms with Gasteiger partial charge in [0.2, 0.25) is 0 Å². The molecule has 6 heteroatoms. The van der Waals surface area contributed by atoms with Gasteiger partial charge in [0.25, 0.3) is 0 Å². The molecule has 23 heavy (non-hydrogen) atoms. The van der Waals surface area contributed by atoms with Crippen molar-refractivity contribution in [3.8, 4) is 16.9 Å². The van der Waals surface area contributed by atoms with Gasteiger partial charge < -0.3 is 5.11 Å². The van der Waals surface area contributed by atoms with Crippen molar-refractivity contribution in [2.45, 2.75) is 13.8 Å². The molecule has 5 nitrogen and oxygen atoms in total. The molecule has 0 bridgehead atoms. The molecule has 0 saturated heterocycles. The highest BCUT2D eigenvalue weighted by molar-refractivity contribution is 5.93. The van der Waals surface area contributed by atoms with Gasteiger partial charge in [0.05, 0.1) is 5.69 Å². The third-order valence-electron chi connectivity index (χ3n) is 3.58. The van der Waals surface area contributed by atoms with Crippen LogP contribution in [0.1, 0.15) is 21.6 Å². The molecule has 0 unspecified atom stereocenters. The molecule has 1 N–H and O–H groups in total. The second-order valence-electron chi connectivity index (χ2n) is 5.30.